The Hall–Kier alpha value is -1.72. The highest BCUT2D eigenvalue weighted by atomic mass is 32.1. The van der Waals surface area contributed by atoms with Crippen molar-refractivity contribution in [2.24, 2.45) is 5.84 Å². The highest BCUT2D eigenvalue weighted by Crippen LogP contribution is 2.36. The lowest BCUT2D eigenvalue weighted by molar-refractivity contribution is 0.0681. The smallest absolute Gasteiger partial charge is 0.103 e. The van der Waals surface area contributed by atoms with Gasteiger partial charge in [0.1, 0.15) is 6.10 Å². The van der Waals surface area contributed by atoms with Crippen molar-refractivity contribution in [3.8, 4) is 0 Å². The molecule has 0 aliphatic carbocycles. The van der Waals surface area contributed by atoms with Gasteiger partial charge in [0.05, 0.1) is 6.04 Å². The Morgan fingerprint density at radius 3 is 2.57 bits per heavy atom. The van der Waals surface area contributed by atoms with Gasteiger partial charge in [0.25, 0.3) is 0 Å². The molecule has 0 fully saturated rings. The summed E-state index contributed by atoms with van der Waals surface area (Å²) in [7, 11) is 1.72. The quantitative estimate of drug-likeness (QED) is 0.556. The summed E-state index contributed by atoms with van der Waals surface area (Å²) in [5.41, 5.74) is 5.21. The number of ether oxygens (including phenoxy) is 1. The van der Waals surface area contributed by atoms with Crippen LogP contribution in [0.1, 0.15) is 23.3 Å². The molecule has 0 aliphatic rings. The first-order valence-corrected chi connectivity index (χ1v) is 7.73. The van der Waals surface area contributed by atoms with Crippen LogP contribution in [-0.2, 0) is 4.74 Å². The summed E-state index contributed by atoms with van der Waals surface area (Å²) < 4.78 is 6.98. The summed E-state index contributed by atoms with van der Waals surface area (Å²) in [6, 6.07) is 18.5. The molecule has 108 valence electrons. The van der Waals surface area contributed by atoms with Gasteiger partial charge in [-0.15, -0.1) is 11.3 Å². The topological polar surface area (TPSA) is 47.3 Å². The van der Waals surface area contributed by atoms with Crippen LogP contribution >= 0.6 is 11.3 Å². The molecule has 1 heterocycles. The predicted octanol–water partition coefficient (Wildman–Crippen LogP) is 3.79. The molecule has 2 unspecified atom stereocenters. The fraction of sp³-hybridized carbons (Fsp3) is 0.176. The Kier molecular flexibility index (Phi) is 4.31. The zero-order valence-corrected chi connectivity index (χ0v) is 12.6. The van der Waals surface area contributed by atoms with Crippen molar-refractivity contribution in [3.05, 3.63) is 71.1 Å². The summed E-state index contributed by atoms with van der Waals surface area (Å²) in [6.07, 6.45) is -0.135. The Morgan fingerprint density at radius 2 is 1.86 bits per heavy atom. The van der Waals surface area contributed by atoms with Gasteiger partial charge in [-0.2, -0.15) is 0 Å². The molecule has 0 spiro atoms. The third kappa shape index (κ3) is 2.71. The third-order valence-corrected chi connectivity index (χ3v) is 4.69. The molecule has 1 aromatic heterocycles. The number of fused-ring (bicyclic) bond motifs is 1. The number of rotatable bonds is 5. The van der Waals surface area contributed by atoms with Crippen molar-refractivity contribution in [2.75, 3.05) is 7.11 Å². The molecule has 2 atom stereocenters. The maximum Gasteiger partial charge on any atom is 0.103 e. The van der Waals surface area contributed by atoms with Crippen LogP contribution in [0.25, 0.3) is 10.1 Å². The van der Waals surface area contributed by atoms with E-state index in [4.69, 9.17) is 10.6 Å². The SMILES string of the molecule is COC(c1ccccc1)C(NN)c1cccc2ccsc12. The lowest BCUT2D eigenvalue weighted by Crippen LogP contribution is -2.33. The number of nitrogens with one attached hydrogen (secondary N) is 1. The summed E-state index contributed by atoms with van der Waals surface area (Å²) in [6.45, 7) is 0. The van der Waals surface area contributed by atoms with Gasteiger partial charge in [-0.05, 0) is 28.0 Å². The third-order valence-electron chi connectivity index (χ3n) is 3.71. The molecule has 3 aromatic rings. The van der Waals surface area contributed by atoms with E-state index in [1.54, 1.807) is 18.4 Å². The van der Waals surface area contributed by atoms with E-state index in [9.17, 15) is 0 Å². The molecule has 4 heteroatoms. The normalized spacial score (nSPS) is 14.2. The minimum absolute atomic E-state index is 0.0975. The lowest BCUT2D eigenvalue weighted by atomic mass is 9.95. The summed E-state index contributed by atoms with van der Waals surface area (Å²) >= 11 is 1.73. The maximum atomic E-state index is 5.85. The molecule has 3 N–H and O–H groups in total. The summed E-state index contributed by atoms with van der Waals surface area (Å²) in [5, 5.41) is 3.34. The minimum atomic E-state index is -0.135. The summed E-state index contributed by atoms with van der Waals surface area (Å²) in [4.78, 5) is 0. The van der Waals surface area contributed by atoms with Gasteiger partial charge >= 0.3 is 0 Å². The second-order valence-electron chi connectivity index (χ2n) is 4.90. The molecule has 0 saturated heterocycles. The van der Waals surface area contributed by atoms with E-state index < -0.39 is 0 Å². The van der Waals surface area contributed by atoms with Crippen LogP contribution < -0.4 is 11.3 Å². The first-order valence-electron chi connectivity index (χ1n) is 6.85. The molecule has 3 rings (SSSR count). The van der Waals surface area contributed by atoms with Gasteiger partial charge in [-0.1, -0.05) is 48.5 Å². The van der Waals surface area contributed by atoms with E-state index in [0.29, 0.717) is 0 Å². The van der Waals surface area contributed by atoms with Crippen LogP contribution in [0.3, 0.4) is 0 Å². The van der Waals surface area contributed by atoms with Crippen molar-refractivity contribution in [3.63, 3.8) is 0 Å². The molecule has 0 aliphatic heterocycles. The number of hydrazine groups is 1. The van der Waals surface area contributed by atoms with Crippen LogP contribution in [-0.4, -0.2) is 7.11 Å². The number of hydrogen-bond acceptors (Lipinski definition) is 4. The molecule has 3 nitrogen and oxygen atoms in total. The largest absolute Gasteiger partial charge is 0.375 e. The monoisotopic (exact) mass is 298 g/mol. The van der Waals surface area contributed by atoms with Crippen LogP contribution in [0, 0.1) is 0 Å². The van der Waals surface area contributed by atoms with Gasteiger partial charge < -0.3 is 4.74 Å². The Bertz CT molecular complexity index is 711. The lowest BCUT2D eigenvalue weighted by Gasteiger charge is -2.26. The zero-order chi connectivity index (χ0) is 14.7. The molecule has 0 bridgehead atoms. The highest BCUT2D eigenvalue weighted by Gasteiger charge is 2.25. The second kappa shape index (κ2) is 6.37. The van der Waals surface area contributed by atoms with Gasteiger partial charge in [-0.25, -0.2) is 5.43 Å². The maximum absolute atomic E-state index is 5.85. The van der Waals surface area contributed by atoms with Gasteiger partial charge in [0, 0.05) is 11.8 Å². The first kappa shape index (κ1) is 14.2. The highest BCUT2D eigenvalue weighted by molar-refractivity contribution is 7.17. The Morgan fingerprint density at radius 1 is 1.05 bits per heavy atom. The van der Waals surface area contributed by atoms with E-state index in [1.807, 2.05) is 18.2 Å². The fourth-order valence-electron chi connectivity index (χ4n) is 2.71. The van der Waals surface area contributed by atoms with Gasteiger partial charge in [0.2, 0.25) is 0 Å². The average molecular weight is 298 g/mol. The molecule has 0 saturated carbocycles. The van der Waals surface area contributed by atoms with Crippen molar-refractivity contribution in [2.45, 2.75) is 12.1 Å². The van der Waals surface area contributed by atoms with Crippen LogP contribution in [0.5, 0.6) is 0 Å². The minimum Gasteiger partial charge on any atom is -0.375 e. The number of thiophene rings is 1. The zero-order valence-electron chi connectivity index (χ0n) is 11.8. The summed E-state index contributed by atoms with van der Waals surface area (Å²) in [5.74, 6) is 5.85. The van der Waals surface area contributed by atoms with Crippen molar-refractivity contribution >= 4 is 21.4 Å². The van der Waals surface area contributed by atoms with E-state index in [-0.39, 0.29) is 12.1 Å². The van der Waals surface area contributed by atoms with E-state index in [0.717, 1.165) is 5.56 Å². The van der Waals surface area contributed by atoms with E-state index >= 15 is 0 Å². The number of nitrogens with two attached hydrogens (primary N) is 1. The number of benzene rings is 2. The Labute approximate surface area is 128 Å². The molecule has 2 aromatic carbocycles. The predicted molar refractivity (Wildman–Crippen MR) is 88.1 cm³/mol. The van der Waals surface area contributed by atoms with Crippen molar-refractivity contribution in [1.82, 2.24) is 5.43 Å². The van der Waals surface area contributed by atoms with Crippen LogP contribution in [0.4, 0.5) is 0 Å². The van der Waals surface area contributed by atoms with Gasteiger partial charge in [-0.3, -0.25) is 5.84 Å². The molecule has 21 heavy (non-hydrogen) atoms. The van der Waals surface area contributed by atoms with E-state index in [2.05, 4.69) is 47.2 Å². The Balaban J connectivity index is 2.06. The van der Waals surface area contributed by atoms with Crippen LogP contribution in [0.15, 0.2) is 60.0 Å². The molecule has 0 radical (unpaired) electrons. The second-order valence-corrected chi connectivity index (χ2v) is 5.81. The first-order chi connectivity index (χ1) is 10.3. The standard InChI is InChI=1S/C17H18N2OS/c1-20-16(12-6-3-2-4-7-12)15(19-18)14-9-5-8-13-10-11-21-17(13)14/h2-11,15-16,19H,18H2,1H3. The van der Waals surface area contributed by atoms with Crippen LogP contribution in [0.2, 0.25) is 0 Å². The number of methoxy groups -OCH3 is 1. The van der Waals surface area contributed by atoms with Gasteiger partial charge in [0.15, 0.2) is 0 Å². The van der Waals surface area contributed by atoms with E-state index in [1.165, 1.54) is 15.6 Å². The molecular weight excluding hydrogens is 280 g/mol. The van der Waals surface area contributed by atoms with Crippen molar-refractivity contribution in [1.29, 1.82) is 0 Å². The fourth-order valence-corrected chi connectivity index (χ4v) is 3.66. The average Bonchev–Trinajstić information content (AvgIpc) is 3.02. The molecular formula is C17H18N2OS. The van der Waals surface area contributed by atoms with Crippen molar-refractivity contribution < 1.29 is 4.74 Å². The molecule has 0 amide bonds. The number of hydrogen-bond donors (Lipinski definition) is 2.